The largest absolute Gasteiger partial charge is 0.756 e. The molecular formula is C40H78NO8P. The van der Waals surface area contributed by atoms with Gasteiger partial charge in [-0.2, -0.15) is 0 Å². The normalized spacial score (nSPS) is 13.8. The van der Waals surface area contributed by atoms with E-state index in [-0.39, 0.29) is 32.0 Å². The topological polar surface area (TPSA) is 111 Å². The van der Waals surface area contributed by atoms with Gasteiger partial charge in [0.2, 0.25) is 0 Å². The first-order valence-corrected chi connectivity index (χ1v) is 21.9. The Bertz CT molecular complexity index is 876. The lowest BCUT2D eigenvalue weighted by atomic mass is 10.0. The summed E-state index contributed by atoms with van der Waals surface area (Å²) < 4.78 is 33.8. The molecule has 0 aromatic rings. The summed E-state index contributed by atoms with van der Waals surface area (Å²) in [4.78, 5) is 37.4. The van der Waals surface area contributed by atoms with Gasteiger partial charge in [0.05, 0.1) is 27.7 Å². The van der Waals surface area contributed by atoms with E-state index in [1.807, 2.05) is 21.1 Å². The molecule has 0 aliphatic carbocycles. The molecule has 0 aromatic heterocycles. The van der Waals surface area contributed by atoms with Crippen molar-refractivity contribution in [3.8, 4) is 0 Å². The van der Waals surface area contributed by atoms with Crippen molar-refractivity contribution in [1.29, 1.82) is 0 Å². The van der Waals surface area contributed by atoms with Crippen LogP contribution in [0.3, 0.4) is 0 Å². The van der Waals surface area contributed by atoms with E-state index in [1.54, 1.807) is 0 Å². The second-order valence-electron chi connectivity index (χ2n) is 15.0. The molecule has 0 radical (unpaired) electrons. The third-order valence-electron chi connectivity index (χ3n) is 8.79. The molecule has 0 heterocycles. The molecule has 0 bridgehead atoms. The molecule has 10 heteroatoms. The number of phosphoric ester groups is 1. The monoisotopic (exact) mass is 732 g/mol. The Morgan fingerprint density at radius 1 is 0.600 bits per heavy atom. The Labute approximate surface area is 307 Å². The number of rotatable bonds is 37. The van der Waals surface area contributed by atoms with Gasteiger partial charge in [-0.1, -0.05) is 142 Å². The third kappa shape index (κ3) is 36.5. The number of ether oxygens (including phenoxy) is 2. The number of likely N-dealkylation sites (N-methyl/N-ethyl adjacent to an activating group) is 1. The van der Waals surface area contributed by atoms with Gasteiger partial charge in [-0.15, -0.1) is 0 Å². The maximum absolute atomic E-state index is 12.6. The number of hydrogen-bond acceptors (Lipinski definition) is 8. The number of unbranched alkanes of at least 4 members (excludes halogenated alkanes) is 21. The number of nitrogens with zero attached hydrogens (tertiary/aromatic N) is 1. The summed E-state index contributed by atoms with van der Waals surface area (Å²) in [6.45, 7) is 4.20. The number of carbonyl (C=O) groups is 2. The van der Waals surface area contributed by atoms with Crippen molar-refractivity contribution in [3.05, 3.63) is 12.2 Å². The molecule has 0 spiro atoms. The fourth-order valence-electron chi connectivity index (χ4n) is 5.53. The van der Waals surface area contributed by atoms with Gasteiger partial charge in [0.25, 0.3) is 7.82 Å². The van der Waals surface area contributed by atoms with Crippen molar-refractivity contribution < 1.29 is 42.1 Å². The smallest absolute Gasteiger partial charge is 0.306 e. The Kier molecular flexibility index (Phi) is 32.7. The Hall–Kier alpha value is -1.25. The average molecular weight is 732 g/mol. The lowest BCUT2D eigenvalue weighted by Gasteiger charge is -2.28. The zero-order valence-corrected chi connectivity index (χ0v) is 34.0. The second-order valence-corrected chi connectivity index (χ2v) is 16.4. The molecule has 296 valence electrons. The van der Waals surface area contributed by atoms with Crippen molar-refractivity contribution in [2.75, 3.05) is 47.5 Å². The molecule has 0 N–H and O–H groups in total. The number of carbonyl (C=O) groups excluding carboxylic acids is 2. The summed E-state index contributed by atoms with van der Waals surface area (Å²) in [7, 11) is 1.17. The van der Waals surface area contributed by atoms with Crippen molar-refractivity contribution in [2.45, 2.75) is 187 Å². The molecule has 2 unspecified atom stereocenters. The SMILES string of the molecule is CCCCCCC=CCCCCCCCC(=O)OC(COC(=O)CCCCCCCCCCCCCCC)COP(=O)([O-])OCC[N+](C)(C)C. The lowest BCUT2D eigenvalue weighted by Crippen LogP contribution is -2.37. The van der Waals surface area contributed by atoms with Crippen LogP contribution in [0.1, 0.15) is 181 Å². The zero-order chi connectivity index (χ0) is 37.2. The summed E-state index contributed by atoms with van der Waals surface area (Å²) in [5, 5.41) is 0. The van der Waals surface area contributed by atoms with E-state index in [0.717, 1.165) is 51.4 Å². The first-order valence-electron chi connectivity index (χ1n) is 20.4. The van der Waals surface area contributed by atoms with Gasteiger partial charge in [0.15, 0.2) is 6.10 Å². The second kappa shape index (κ2) is 33.6. The van der Waals surface area contributed by atoms with Gasteiger partial charge in [-0.25, -0.2) is 0 Å². The quantitative estimate of drug-likeness (QED) is 0.0204. The van der Waals surface area contributed by atoms with Gasteiger partial charge < -0.3 is 27.9 Å². The van der Waals surface area contributed by atoms with Gasteiger partial charge >= 0.3 is 11.9 Å². The lowest BCUT2D eigenvalue weighted by molar-refractivity contribution is -0.870. The van der Waals surface area contributed by atoms with Gasteiger partial charge in [0, 0.05) is 12.8 Å². The third-order valence-corrected chi connectivity index (χ3v) is 9.75. The van der Waals surface area contributed by atoms with E-state index in [9.17, 15) is 19.0 Å². The average Bonchev–Trinajstić information content (AvgIpc) is 3.06. The Morgan fingerprint density at radius 2 is 1.02 bits per heavy atom. The number of allylic oxidation sites excluding steroid dienone is 2. The molecule has 2 atom stereocenters. The Morgan fingerprint density at radius 3 is 1.50 bits per heavy atom. The molecule has 0 aliphatic rings. The van der Waals surface area contributed by atoms with Gasteiger partial charge in [-0.3, -0.25) is 14.2 Å². The maximum atomic E-state index is 12.6. The van der Waals surface area contributed by atoms with E-state index >= 15 is 0 Å². The predicted molar refractivity (Wildman–Crippen MR) is 204 cm³/mol. The molecule has 9 nitrogen and oxygen atoms in total. The predicted octanol–water partition coefficient (Wildman–Crippen LogP) is 10.4. The molecule has 0 aromatic carbocycles. The van der Waals surface area contributed by atoms with Crippen LogP contribution in [0.4, 0.5) is 0 Å². The molecule has 0 fully saturated rings. The number of esters is 2. The van der Waals surface area contributed by atoms with Crippen LogP contribution in [-0.4, -0.2) is 70.0 Å². The van der Waals surface area contributed by atoms with Crippen LogP contribution in [0.25, 0.3) is 0 Å². The Balaban J connectivity index is 4.40. The van der Waals surface area contributed by atoms with Crippen molar-refractivity contribution in [3.63, 3.8) is 0 Å². The summed E-state index contributed by atoms with van der Waals surface area (Å²) >= 11 is 0. The van der Waals surface area contributed by atoms with Crippen LogP contribution in [0, 0.1) is 0 Å². The van der Waals surface area contributed by atoms with E-state index in [1.165, 1.54) is 96.3 Å². The van der Waals surface area contributed by atoms with Gasteiger partial charge in [0.1, 0.15) is 19.8 Å². The van der Waals surface area contributed by atoms with Crippen LogP contribution in [0.2, 0.25) is 0 Å². The minimum atomic E-state index is -4.61. The van der Waals surface area contributed by atoms with Crippen LogP contribution >= 0.6 is 7.82 Å². The molecule has 0 rings (SSSR count). The number of hydrogen-bond donors (Lipinski definition) is 0. The minimum Gasteiger partial charge on any atom is -0.756 e. The van der Waals surface area contributed by atoms with Crippen LogP contribution in [0.15, 0.2) is 12.2 Å². The summed E-state index contributed by atoms with van der Waals surface area (Å²) in [5.74, 6) is -0.839. The van der Waals surface area contributed by atoms with Crippen LogP contribution in [-0.2, 0) is 32.7 Å². The number of quaternary nitrogens is 1. The maximum Gasteiger partial charge on any atom is 0.306 e. The van der Waals surface area contributed by atoms with Crippen molar-refractivity contribution >= 4 is 19.8 Å². The van der Waals surface area contributed by atoms with Crippen molar-refractivity contribution in [1.82, 2.24) is 0 Å². The highest BCUT2D eigenvalue weighted by Gasteiger charge is 2.21. The summed E-state index contributed by atoms with van der Waals surface area (Å²) in [6.07, 6.45) is 32.3. The summed E-state index contributed by atoms with van der Waals surface area (Å²) in [5.41, 5.74) is 0. The highest BCUT2D eigenvalue weighted by molar-refractivity contribution is 7.45. The summed E-state index contributed by atoms with van der Waals surface area (Å²) in [6, 6.07) is 0. The highest BCUT2D eigenvalue weighted by atomic mass is 31.2. The first kappa shape index (κ1) is 48.8. The van der Waals surface area contributed by atoms with Crippen LogP contribution in [0.5, 0.6) is 0 Å². The molecule has 0 saturated heterocycles. The highest BCUT2D eigenvalue weighted by Crippen LogP contribution is 2.38. The fraction of sp³-hybridized carbons (Fsp3) is 0.900. The van der Waals surface area contributed by atoms with Gasteiger partial charge in [-0.05, 0) is 38.5 Å². The molecule has 0 amide bonds. The number of phosphoric acid groups is 1. The van der Waals surface area contributed by atoms with E-state index in [4.69, 9.17) is 18.5 Å². The van der Waals surface area contributed by atoms with Crippen molar-refractivity contribution in [2.24, 2.45) is 0 Å². The zero-order valence-electron chi connectivity index (χ0n) is 33.1. The first-order chi connectivity index (χ1) is 24.0. The standard InChI is InChI=1S/C40H78NO8P/c1-6-8-10-12-14-16-18-20-22-24-26-28-30-32-39(42)46-36-38(37-48-50(44,45)47-35-34-41(3,4)5)49-40(43)33-31-29-27-25-23-21-19-17-15-13-11-9-7-2/h17,19,38H,6-16,18,20-37H2,1-5H3. The van der Waals surface area contributed by atoms with E-state index < -0.39 is 26.5 Å². The fourth-order valence-corrected chi connectivity index (χ4v) is 6.26. The van der Waals surface area contributed by atoms with E-state index in [0.29, 0.717) is 17.4 Å². The molecule has 0 aliphatic heterocycles. The molecule has 0 saturated carbocycles. The molecule has 50 heavy (non-hydrogen) atoms. The van der Waals surface area contributed by atoms with E-state index in [2.05, 4.69) is 26.0 Å². The van der Waals surface area contributed by atoms with Crippen LogP contribution < -0.4 is 4.89 Å². The molecular weight excluding hydrogens is 653 g/mol. The minimum absolute atomic E-state index is 0.0296.